The average molecular weight is 401 g/mol. The van der Waals surface area contributed by atoms with Gasteiger partial charge in [0, 0.05) is 6.92 Å². The van der Waals surface area contributed by atoms with Gasteiger partial charge in [0.15, 0.2) is 11.6 Å². The standard InChI is InChI=1S/C17H16FN7O4/c1-10(26)19-6-13-8-24(17(27)29-13)12-2-3-15(14(18)5-12)25-7-11(21-23-25)4-16-20-9-28-22-16/h2-3,5,7,9,13H,4,6,8H2,1H3,(H,19,26). The highest BCUT2D eigenvalue weighted by atomic mass is 19.1. The topological polar surface area (TPSA) is 128 Å². The lowest BCUT2D eigenvalue weighted by atomic mass is 10.2. The fourth-order valence-electron chi connectivity index (χ4n) is 2.88. The first-order valence-corrected chi connectivity index (χ1v) is 8.68. The Labute approximate surface area is 163 Å². The lowest BCUT2D eigenvalue weighted by Gasteiger charge is -2.14. The molecule has 2 aromatic heterocycles. The summed E-state index contributed by atoms with van der Waals surface area (Å²) in [6.45, 7) is 1.77. The van der Waals surface area contributed by atoms with Crippen LogP contribution in [0.25, 0.3) is 5.69 Å². The van der Waals surface area contributed by atoms with Gasteiger partial charge in [0.2, 0.25) is 12.3 Å². The van der Waals surface area contributed by atoms with Crippen LogP contribution in [0, 0.1) is 5.82 Å². The Balaban J connectivity index is 1.48. The highest BCUT2D eigenvalue weighted by Gasteiger charge is 2.32. The Morgan fingerprint density at radius 1 is 1.41 bits per heavy atom. The number of nitrogens with zero attached hydrogens (tertiary/aromatic N) is 6. The van der Waals surface area contributed by atoms with Crippen molar-refractivity contribution in [1.29, 1.82) is 0 Å². The summed E-state index contributed by atoms with van der Waals surface area (Å²) >= 11 is 0. The van der Waals surface area contributed by atoms with Gasteiger partial charge in [-0.2, -0.15) is 4.98 Å². The molecule has 12 heteroatoms. The first kappa shape index (κ1) is 18.5. The van der Waals surface area contributed by atoms with E-state index in [9.17, 15) is 14.0 Å². The predicted octanol–water partition coefficient (Wildman–Crippen LogP) is 0.841. The van der Waals surface area contributed by atoms with Crippen LogP contribution in [0.15, 0.2) is 35.3 Å². The number of carbonyl (C=O) groups is 2. The fourth-order valence-corrected chi connectivity index (χ4v) is 2.88. The maximum atomic E-state index is 14.7. The van der Waals surface area contributed by atoms with E-state index >= 15 is 0 Å². The van der Waals surface area contributed by atoms with Crippen LogP contribution in [-0.4, -0.2) is 56.3 Å². The quantitative estimate of drug-likeness (QED) is 0.644. The minimum Gasteiger partial charge on any atom is -0.442 e. The van der Waals surface area contributed by atoms with Crippen molar-refractivity contribution in [2.24, 2.45) is 0 Å². The minimum atomic E-state index is -0.601. The number of cyclic esters (lactones) is 1. The van der Waals surface area contributed by atoms with Gasteiger partial charge in [-0.05, 0) is 18.2 Å². The summed E-state index contributed by atoms with van der Waals surface area (Å²) in [4.78, 5) is 28.3. The molecule has 0 radical (unpaired) electrons. The number of anilines is 1. The number of aromatic nitrogens is 5. The van der Waals surface area contributed by atoms with Gasteiger partial charge in [-0.1, -0.05) is 10.4 Å². The van der Waals surface area contributed by atoms with Crippen molar-refractivity contribution in [3.63, 3.8) is 0 Å². The van der Waals surface area contributed by atoms with Crippen molar-refractivity contribution in [2.45, 2.75) is 19.4 Å². The molecule has 1 unspecified atom stereocenters. The predicted molar refractivity (Wildman–Crippen MR) is 94.7 cm³/mol. The van der Waals surface area contributed by atoms with Gasteiger partial charge in [-0.15, -0.1) is 5.10 Å². The number of nitrogens with one attached hydrogen (secondary N) is 1. The maximum absolute atomic E-state index is 14.7. The molecule has 29 heavy (non-hydrogen) atoms. The Kier molecular flexibility index (Phi) is 4.89. The van der Waals surface area contributed by atoms with E-state index in [1.807, 2.05) is 0 Å². The monoisotopic (exact) mass is 401 g/mol. The summed E-state index contributed by atoms with van der Waals surface area (Å²) in [5.41, 5.74) is 1.05. The van der Waals surface area contributed by atoms with Crippen molar-refractivity contribution >= 4 is 17.7 Å². The molecule has 1 aliphatic heterocycles. The molecule has 3 aromatic rings. The van der Waals surface area contributed by atoms with Crippen LogP contribution in [0.5, 0.6) is 0 Å². The molecule has 0 saturated carbocycles. The molecule has 1 atom stereocenters. The molecule has 1 aromatic carbocycles. The van der Waals surface area contributed by atoms with E-state index < -0.39 is 18.0 Å². The molecule has 1 saturated heterocycles. The van der Waals surface area contributed by atoms with Gasteiger partial charge in [0.25, 0.3) is 0 Å². The maximum Gasteiger partial charge on any atom is 0.414 e. The fraction of sp³-hybridized carbons (Fsp3) is 0.294. The molecule has 0 spiro atoms. The number of rotatable bonds is 6. The van der Waals surface area contributed by atoms with Gasteiger partial charge in [-0.25, -0.2) is 13.9 Å². The molecule has 1 aliphatic rings. The van der Waals surface area contributed by atoms with Gasteiger partial charge in [0.1, 0.15) is 11.8 Å². The molecule has 1 N–H and O–H groups in total. The number of halogens is 1. The van der Waals surface area contributed by atoms with Crippen molar-refractivity contribution in [1.82, 2.24) is 30.5 Å². The van der Waals surface area contributed by atoms with Crippen LogP contribution in [-0.2, 0) is 16.0 Å². The van der Waals surface area contributed by atoms with Crippen molar-refractivity contribution in [3.8, 4) is 5.69 Å². The van der Waals surface area contributed by atoms with Crippen LogP contribution in [0.2, 0.25) is 0 Å². The van der Waals surface area contributed by atoms with Crippen LogP contribution in [0.3, 0.4) is 0 Å². The molecule has 150 valence electrons. The highest BCUT2D eigenvalue weighted by molar-refractivity contribution is 5.90. The van der Waals surface area contributed by atoms with Crippen molar-refractivity contribution < 1.29 is 23.2 Å². The molecular formula is C17H16FN7O4. The summed E-state index contributed by atoms with van der Waals surface area (Å²) in [6, 6.07) is 4.30. The van der Waals surface area contributed by atoms with Gasteiger partial charge in [0.05, 0.1) is 37.1 Å². The molecular weight excluding hydrogens is 385 g/mol. The van der Waals surface area contributed by atoms with E-state index in [1.54, 1.807) is 12.3 Å². The summed E-state index contributed by atoms with van der Waals surface area (Å²) in [5, 5.41) is 14.2. The number of benzene rings is 1. The van der Waals surface area contributed by atoms with Crippen LogP contribution in [0.1, 0.15) is 18.4 Å². The van der Waals surface area contributed by atoms with E-state index in [0.717, 1.165) is 0 Å². The van der Waals surface area contributed by atoms with E-state index in [0.29, 0.717) is 23.6 Å². The first-order valence-electron chi connectivity index (χ1n) is 8.68. The third-order valence-corrected chi connectivity index (χ3v) is 4.23. The number of ether oxygens (including phenoxy) is 1. The zero-order chi connectivity index (χ0) is 20.4. The second-order valence-corrected chi connectivity index (χ2v) is 6.37. The Morgan fingerprint density at radius 3 is 3.00 bits per heavy atom. The van der Waals surface area contributed by atoms with Crippen LogP contribution < -0.4 is 10.2 Å². The molecule has 11 nitrogen and oxygen atoms in total. The molecule has 3 heterocycles. The van der Waals surface area contributed by atoms with Crippen LogP contribution in [0.4, 0.5) is 14.9 Å². The van der Waals surface area contributed by atoms with E-state index in [4.69, 9.17) is 4.74 Å². The normalized spacial score (nSPS) is 16.1. The zero-order valence-corrected chi connectivity index (χ0v) is 15.3. The summed E-state index contributed by atoms with van der Waals surface area (Å²) in [6.07, 6.45) is 1.96. The summed E-state index contributed by atoms with van der Waals surface area (Å²) < 4.78 is 25.8. The van der Waals surface area contributed by atoms with Gasteiger partial charge >= 0.3 is 6.09 Å². The molecule has 1 fully saturated rings. The van der Waals surface area contributed by atoms with E-state index in [2.05, 4.69) is 30.3 Å². The zero-order valence-electron chi connectivity index (χ0n) is 15.3. The number of hydrogen-bond acceptors (Lipinski definition) is 8. The third kappa shape index (κ3) is 4.05. The van der Waals surface area contributed by atoms with E-state index in [1.165, 1.54) is 35.0 Å². The number of carbonyl (C=O) groups excluding carboxylic acids is 2. The first-order chi connectivity index (χ1) is 14.0. The minimum absolute atomic E-state index is 0.169. The Morgan fingerprint density at radius 2 is 2.28 bits per heavy atom. The largest absolute Gasteiger partial charge is 0.442 e. The lowest BCUT2D eigenvalue weighted by molar-refractivity contribution is -0.119. The molecule has 0 bridgehead atoms. The summed E-state index contributed by atoms with van der Waals surface area (Å²) in [5.74, 6) is -0.368. The Bertz CT molecular complexity index is 1040. The lowest BCUT2D eigenvalue weighted by Crippen LogP contribution is -2.33. The van der Waals surface area contributed by atoms with Crippen molar-refractivity contribution in [3.05, 3.63) is 48.1 Å². The highest BCUT2D eigenvalue weighted by Crippen LogP contribution is 2.25. The average Bonchev–Trinajstić information content (AvgIpc) is 3.42. The summed E-state index contributed by atoms with van der Waals surface area (Å²) in [7, 11) is 0. The second kappa shape index (κ2) is 7.66. The van der Waals surface area contributed by atoms with Crippen LogP contribution >= 0.6 is 0 Å². The molecule has 0 aliphatic carbocycles. The Hall–Kier alpha value is -3.83. The molecule has 4 rings (SSSR count). The van der Waals surface area contributed by atoms with Gasteiger partial charge < -0.3 is 14.6 Å². The van der Waals surface area contributed by atoms with Crippen molar-refractivity contribution in [2.75, 3.05) is 18.0 Å². The van der Waals surface area contributed by atoms with Gasteiger partial charge in [-0.3, -0.25) is 9.69 Å². The number of amides is 2. The van der Waals surface area contributed by atoms with E-state index in [-0.39, 0.29) is 24.7 Å². The number of hydrogen-bond donors (Lipinski definition) is 1. The molecule has 2 amide bonds. The smallest absolute Gasteiger partial charge is 0.414 e. The SMILES string of the molecule is CC(=O)NCC1CN(c2ccc(-n3cc(Cc4ncon4)nn3)c(F)c2)C(=O)O1. The second-order valence-electron chi connectivity index (χ2n) is 6.37. The third-order valence-electron chi connectivity index (χ3n) is 4.23.